The maximum Gasteiger partial charge on any atom is 0.309 e. The summed E-state index contributed by atoms with van der Waals surface area (Å²) in [5.41, 5.74) is 0. The predicted molar refractivity (Wildman–Crippen MR) is 71.7 cm³/mol. The molecule has 0 rings (SSSR count). The Labute approximate surface area is 118 Å². The Morgan fingerprint density at radius 3 is 2.30 bits per heavy atom. The first-order valence-corrected chi connectivity index (χ1v) is 6.95. The summed E-state index contributed by atoms with van der Waals surface area (Å²) in [4.78, 5) is 32.7. The molecular formula is C13H23NO6. The van der Waals surface area contributed by atoms with Gasteiger partial charge in [-0.1, -0.05) is 6.42 Å². The second-order valence-electron chi connectivity index (χ2n) is 4.34. The lowest BCUT2D eigenvalue weighted by Gasteiger charge is -2.13. The number of hydrogen-bond donors (Lipinski definition) is 0. The van der Waals surface area contributed by atoms with E-state index in [1.54, 1.807) is 13.8 Å². The molecule has 0 amide bonds. The lowest BCUT2D eigenvalue weighted by atomic mass is 9.98. The Balaban J connectivity index is 4.05. The quantitative estimate of drug-likeness (QED) is 0.250. The highest BCUT2D eigenvalue weighted by Gasteiger charge is 2.21. The minimum atomic E-state index is -0.470. The molecule has 0 aromatic carbocycles. The van der Waals surface area contributed by atoms with Crippen LogP contribution in [0.2, 0.25) is 0 Å². The van der Waals surface area contributed by atoms with Crippen molar-refractivity contribution in [3.8, 4) is 0 Å². The van der Waals surface area contributed by atoms with Gasteiger partial charge in [0.25, 0.3) is 0 Å². The van der Waals surface area contributed by atoms with Gasteiger partial charge in [-0.3, -0.25) is 19.7 Å². The fourth-order valence-corrected chi connectivity index (χ4v) is 1.79. The van der Waals surface area contributed by atoms with Crippen LogP contribution in [-0.2, 0) is 19.1 Å². The summed E-state index contributed by atoms with van der Waals surface area (Å²) in [6, 6.07) is 0. The van der Waals surface area contributed by atoms with E-state index in [0.717, 1.165) is 0 Å². The molecule has 0 aliphatic rings. The summed E-state index contributed by atoms with van der Waals surface area (Å²) in [6.45, 7) is 3.81. The highest BCUT2D eigenvalue weighted by Crippen LogP contribution is 2.16. The average Bonchev–Trinajstić information content (AvgIpc) is 2.38. The zero-order chi connectivity index (χ0) is 15.4. The molecule has 116 valence electrons. The van der Waals surface area contributed by atoms with E-state index in [0.29, 0.717) is 32.3 Å². The molecule has 1 atom stereocenters. The van der Waals surface area contributed by atoms with Crippen molar-refractivity contribution in [3.63, 3.8) is 0 Å². The molecule has 0 saturated heterocycles. The predicted octanol–water partition coefficient (Wildman–Crippen LogP) is 1.96. The smallest absolute Gasteiger partial charge is 0.309 e. The van der Waals surface area contributed by atoms with Crippen LogP contribution in [0.4, 0.5) is 0 Å². The van der Waals surface area contributed by atoms with Crippen LogP contribution in [-0.4, -0.2) is 36.6 Å². The van der Waals surface area contributed by atoms with E-state index >= 15 is 0 Å². The number of nitrogens with zero attached hydrogens (tertiary/aromatic N) is 1. The molecule has 1 unspecified atom stereocenters. The van der Waals surface area contributed by atoms with Crippen LogP contribution in [0.5, 0.6) is 0 Å². The third-order valence-corrected chi connectivity index (χ3v) is 2.77. The van der Waals surface area contributed by atoms with Crippen molar-refractivity contribution in [3.05, 3.63) is 10.1 Å². The SMILES string of the molecule is CCOC(=O)CCCCC(CC[N+](=O)[O-])C(=O)OCC. The Morgan fingerprint density at radius 1 is 1.10 bits per heavy atom. The first kappa shape index (κ1) is 18.3. The van der Waals surface area contributed by atoms with E-state index in [9.17, 15) is 19.7 Å². The Hall–Kier alpha value is -1.66. The van der Waals surface area contributed by atoms with E-state index in [1.807, 2.05) is 0 Å². The van der Waals surface area contributed by atoms with Gasteiger partial charge in [0.1, 0.15) is 0 Å². The van der Waals surface area contributed by atoms with Crippen molar-refractivity contribution >= 4 is 11.9 Å². The molecule has 0 heterocycles. The second-order valence-corrected chi connectivity index (χ2v) is 4.34. The zero-order valence-corrected chi connectivity index (χ0v) is 12.1. The van der Waals surface area contributed by atoms with Gasteiger partial charge in [-0.2, -0.15) is 0 Å². The summed E-state index contributed by atoms with van der Waals surface area (Å²) in [6.07, 6.45) is 2.21. The highest BCUT2D eigenvalue weighted by atomic mass is 16.6. The standard InChI is InChI=1S/C13H23NO6/c1-3-19-12(15)8-6-5-7-11(9-10-14(17)18)13(16)20-4-2/h11H,3-10H2,1-2H3. The zero-order valence-electron chi connectivity index (χ0n) is 12.1. The van der Waals surface area contributed by atoms with Gasteiger partial charge in [-0.05, 0) is 26.7 Å². The van der Waals surface area contributed by atoms with Gasteiger partial charge in [0.15, 0.2) is 0 Å². The van der Waals surface area contributed by atoms with Crippen LogP contribution in [0.25, 0.3) is 0 Å². The Morgan fingerprint density at radius 2 is 1.75 bits per heavy atom. The van der Waals surface area contributed by atoms with Crippen LogP contribution < -0.4 is 0 Å². The largest absolute Gasteiger partial charge is 0.466 e. The van der Waals surface area contributed by atoms with Crippen molar-refractivity contribution in [2.45, 2.75) is 46.0 Å². The monoisotopic (exact) mass is 289 g/mol. The van der Waals surface area contributed by atoms with Crippen molar-refractivity contribution in [1.82, 2.24) is 0 Å². The number of carbonyl (C=O) groups is 2. The minimum absolute atomic E-state index is 0.172. The number of ether oxygens (including phenoxy) is 2. The molecule has 7 nitrogen and oxygen atoms in total. The summed E-state index contributed by atoms with van der Waals surface area (Å²) in [5.74, 6) is -1.13. The normalized spacial score (nSPS) is 11.7. The lowest BCUT2D eigenvalue weighted by Crippen LogP contribution is -2.21. The molecule has 0 aliphatic carbocycles. The van der Waals surface area contributed by atoms with Gasteiger partial charge in [-0.15, -0.1) is 0 Å². The van der Waals surface area contributed by atoms with Gasteiger partial charge in [0.2, 0.25) is 6.54 Å². The van der Waals surface area contributed by atoms with Gasteiger partial charge in [0, 0.05) is 17.8 Å². The van der Waals surface area contributed by atoms with E-state index in [4.69, 9.17) is 9.47 Å². The third-order valence-electron chi connectivity index (χ3n) is 2.77. The van der Waals surface area contributed by atoms with E-state index in [1.165, 1.54) is 0 Å². The summed E-state index contributed by atoms with van der Waals surface area (Å²) in [7, 11) is 0. The maximum atomic E-state index is 11.6. The fourth-order valence-electron chi connectivity index (χ4n) is 1.79. The Bertz CT molecular complexity index is 318. The molecule has 7 heteroatoms. The van der Waals surface area contributed by atoms with Crippen LogP contribution in [0.1, 0.15) is 46.0 Å². The second kappa shape index (κ2) is 11.2. The topological polar surface area (TPSA) is 95.7 Å². The van der Waals surface area contributed by atoms with Gasteiger partial charge < -0.3 is 9.47 Å². The van der Waals surface area contributed by atoms with Crippen LogP contribution in [0.15, 0.2) is 0 Å². The van der Waals surface area contributed by atoms with E-state index < -0.39 is 16.8 Å². The fraction of sp³-hybridized carbons (Fsp3) is 0.846. The molecule has 0 saturated carbocycles. The van der Waals surface area contributed by atoms with Crippen LogP contribution in [0, 0.1) is 16.0 Å². The molecule has 0 radical (unpaired) electrons. The van der Waals surface area contributed by atoms with Crippen LogP contribution in [0.3, 0.4) is 0 Å². The molecular weight excluding hydrogens is 266 g/mol. The number of rotatable bonds is 11. The summed E-state index contributed by atoms with van der Waals surface area (Å²) >= 11 is 0. The minimum Gasteiger partial charge on any atom is -0.466 e. The number of carbonyl (C=O) groups excluding carboxylic acids is 2. The van der Waals surface area contributed by atoms with Crippen LogP contribution >= 0.6 is 0 Å². The average molecular weight is 289 g/mol. The molecule has 0 N–H and O–H groups in total. The highest BCUT2D eigenvalue weighted by molar-refractivity contribution is 5.72. The summed E-state index contributed by atoms with van der Waals surface area (Å²) < 4.78 is 9.69. The van der Waals surface area contributed by atoms with Gasteiger partial charge in [0.05, 0.1) is 19.1 Å². The lowest BCUT2D eigenvalue weighted by molar-refractivity contribution is -0.481. The van der Waals surface area contributed by atoms with Crippen molar-refractivity contribution in [1.29, 1.82) is 0 Å². The molecule has 0 fully saturated rings. The molecule has 20 heavy (non-hydrogen) atoms. The van der Waals surface area contributed by atoms with Crippen molar-refractivity contribution < 1.29 is 24.0 Å². The first-order chi connectivity index (χ1) is 9.51. The molecule has 0 aliphatic heterocycles. The molecule has 0 spiro atoms. The number of hydrogen-bond acceptors (Lipinski definition) is 6. The number of esters is 2. The number of unbranched alkanes of at least 4 members (excludes halogenated alkanes) is 1. The molecule has 0 aromatic heterocycles. The van der Waals surface area contributed by atoms with Gasteiger partial charge >= 0.3 is 11.9 Å². The van der Waals surface area contributed by atoms with E-state index in [-0.39, 0.29) is 25.5 Å². The summed E-state index contributed by atoms with van der Waals surface area (Å²) in [5, 5.41) is 10.4. The molecule has 0 bridgehead atoms. The maximum absolute atomic E-state index is 11.6. The number of nitro groups is 1. The van der Waals surface area contributed by atoms with Gasteiger partial charge in [-0.25, -0.2) is 0 Å². The third kappa shape index (κ3) is 9.29. The first-order valence-electron chi connectivity index (χ1n) is 6.95. The van der Waals surface area contributed by atoms with E-state index in [2.05, 4.69) is 0 Å². The molecule has 0 aromatic rings. The van der Waals surface area contributed by atoms with Crippen molar-refractivity contribution in [2.24, 2.45) is 5.92 Å². The Kier molecular flexibility index (Phi) is 10.3. The van der Waals surface area contributed by atoms with Crippen molar-refractivity contribution in [2.75, 3.05) is 19.8 Å².